The fourth-order valence-corrected chi connectivity index (χ4v) is 0.343. The maximum Gasteiger partial charge on any atom is 0.0870 e. The first-order valence-electron chi connectivity index (χ1n) is 3.02. The van der Waals surface area contributed by atoms with Crippen molar-refractivity contribution in [3.05, 3.63) is 11.8 Å². The third-order valence-electron chi connectivity index (χ3n) is 0.641. The van der Waals surface area contributed by atoms with Gasteiger partial charge in [-0.05, 0) is 25.8 Å². The van der Waals surface area contributed by atoms with Crippen LogP contribution in [0.15, 0.2) is 11.8 Å². The van der Waals surface area contributed by atoms with Gasteiger partial charge in [0.15, 0.2) is 0 Å². The summed E-state index contributed by atoms with van der Waals surface area (Å²) < 4.78 is 5.08. The molecular weight excluding hydrogens is 100 g/mol. The number of ether oxygens (including phenoxy) is 1. The predicted octanol–water partition coefficient (Wildman–Crippen LogP) is 2.34. The van der Waals surface area contributed by atoms with Crippen LogP contribution in [0.1, 0.15) is 27.2 Å². The summed E-state index contributed by atoms with van der Waals surface area (Å²) >= 11 is 0. The molecule has 0 N–H and O–H groups in total. The first kappa shape index (κ1) is 7.54. The van der Waals surface area contributed by atoms with E-state index >= 15 is 0 Å². The Bertz CT molecular complexity index is 70.5. The highest BCUT2D eigenvalue weighted by molar-refractivity contribution is 4.86. The predicted molar refractivity (Wildman–Crippen MR) is 35.7 cm³/mol. The second-order valence-corrected chi connectivity index (χ2v) is 2.07. The third kappa shape index (κ3) is 5.54. The number of hydrogen-bond donors (Lipinski definition) is 0. The van der Waals surface area contributed by atoms with Crippen molar-refractivity contribution in [2.45, 2.75) is 27.2 Å². The Morgan fingerprint density at radius 1 is 1.50 bits per heavy atom. The van der Waals surface area contributed by atoms with Gasteiger partial charge in [-0.3, -0.25) is 0 Å². The zero-order valence-electron chi connectivity index (χ0n) is 5.90. The second-order valence-electron chi connectivity index (χ2n) is 2.07. The Morgan fingerprint density at radius 2 is 2.12 bits per heavy atom. The summed E-state index contributed by atoms with van der Waals surface area (Å²) in [5, 5.41) is 0. The van der Waals surface area contributed by atoms with E-state index in [4.69, 9.17) is 4.74 Å². The molecule has 0 saturated carbocycles. The van der Waals surface area contributed by atoms with Crippen molar-refractivity contribution in [1.29, 1.82) is 0 Å². The van der Waals surface area contributed by atoms with Crippen LogP contribution in [-0.4, -0.2) is 6.61 Å². The fourth-order valence-electron chi connectivity index (χ4n) is 0.343. The van der Waals surface area contributed by atoms with Gasteiger partial charge in [0, 0.05) is 0 Å². The second kappa shape index (κ2) is 4.69. The molecular formula is C7H14O. The first-order valence-corrected chi connectivity index (χ1v) is 3.02. The molecule has 0 saturated heterocycles. The Morgan fingerprint density at radius 3 is 2.50 bits per heavy atom. The summed E-state index contributed by atoms with van der Waals surface area (Å²) in [6, 6.07) is 0. The van der Waals surface area contributed by atoms with Crippen molar-refractivity contribution < 1.29 is 4.74 Å². The third-order valence-corrected chi connectivity index (χ3v) is 0.641. The van der Waals surface area contributed by atoms with Crippen LogP contribution in [0.2, 0.25) is 0 Å². The minimum atomic E-state index is 0.838. The van der Waals surface area contributed by atoms with Crippen molar-refractivity contribution in [2.24, 2.45) is 0 Å². The minimum absolute atomic E-state index is 0.838. The minimum Gasteiger partial charge on any atom is -0.501 e. The maximum absolute atomic E-state index is 5.08. The zero-order chi connectivity index (χ0) is 6.41. The van der Waals surface area contributed by atoms with E-state index in [0.29, 0.717) is 0 Å². The molecule has 8 heavy (non-hydrogen) atoms. The first-order chi connectivity index (χ1) is 3.77. The van der Waals surface area contributed by atoms with Crippen molar-refractivity contribution >= 4 is 0 Å². The average molecular weight is 114 g/mol. The molecule has 0 aliphatic carbocycles. The summed E-state index contributed by atoms with van der Waals surface area (Å²) in [5.41, 5.74) is 1.22. The lowest BCUT2D eigenvalue weighted by Crippen LogP contribution is -1.82. The molecule has 0 aliphatic rings. The summed E-state index contributed by atoms with van der Waals surface area (Å²) in [6.45, 7) is 6.98. The van der Waals surface area contributed by atoms with E-state index in [-0.39, 0.29) is 0 Å². The summed E-state index contributed by atoms with van der Waals surface area (Å²) in [4.78, 5) is 0. The van der Waals surface area contributed by atoms with E-state index in [9.17, 15) is 0 Å². The zero-order valence-corrected chi connectivity index (χ0v) is 5.90. The van der Waals surface area contributed by atoms with Crippen molar-refractivity contribution in [3.8, 4) is 0 Å². The Kier molecular flexibility index (Phi) is 4.42. The Balaban J connectivity index is 3.03. The molecule has 1 heteroatoms. The number of allylic oxidation sites excluding steroid dienone is 1. The fraction of sp³-hybridized carbons (Fsp3) is 0.714. The van der Waals surface area contributed by atoms with E-state index < -0.39 is 0 Å². The molecule has 0 heterocycles. The van der Waals surface area contributed by atoms with Gasteiger partial charge in [-0.1, -0.05) is 6.92 Å². The lowest BCUT2D eigenvalue weighted by Gasteiger charge is -1.95. The van der Waals surface area contributed by atoms with Gasteiger partial charge in [0.05, 0.1) is 12.9 Å². The molecule has 1 nitrogen and oxygen atoms in total. The molecule has 0 rings (SSSR count). The lowest BCUT2D eigenvalue weighted by atomic mass is 10.4. The van der Waals surface area contributed by atoms with Crippen LogP contribution < -0.4 is 0 Å². The molecule has 0 aliphatic heterocycles. The van der Waals surface area contributed by atoms with Crippen LogP contribution in [0.4, 0.5) is 0 Å². The number of hydrogen-bond acceptors (Lipinski definition) is 1. The molecule has 0 bridgehead atoms. The van der Waals surface area contributed by atoms with Gasteiger partial charge in [-0.25, -0.2) is 0 Å². The van der Waals surface area contributed by atoms with Crippen molar-refractivity contribution in [3.63, 3.8) is 0 Å². The van der Waals surface area contributed by atoms with E-state index in [2.05, 4.69) is 6.92 Å². The highest BCUT2D eigenvalue weighted by Crippen LogP contribution is 1.89. The van der Waals surface area contributed by atoms with Gasteiger partial charge in [-0.2, -0.15) is 0 Å². The monoisotopic (exact) mass is 114 g/mol. The largest absolute Gasteiger partial charge is 0.501 e. The van der Waals surface area contributed by atoms with Crippen LogP contribution in [0.5, 0.6) is 0 Å². The molecule has 0 amide bonds. The van der Waals surface area contributed by atoms with Gasteiger partial charge in [0.2, 0.25) is 0 Å². The van der Waals surface area contributed by atoms with E-state index in [1.54, 1.807) is 6.26 Å². The van der Waals surface area contributed by atoms with Gasteiger partial charge in [0.25, 0.3) is 0 Å². The van der Waals surface area contributed by atoms with Crippen molar-refractivity contribution in [2.75, 3.05) is 6.61 Å². The maximum atomic E-state index is 5.08. The molecule has 0 fully saturated rings. The van der Waals surface area contributed by atoms with Crippen molar-refractivity contribution in [1.82, 2.24) is 0 Å². The molecule has 0 spiro atoms. The molecule has 0 atom stereocenters. The van der Waals surface area contributed by atoms with Crippen LogP contribution in [0.3, 0.4) is 0 Å². The summed E-state index contributed by atoms with van der Waals surface area (Å²) in [7, 11) is 0. The molecule has 0 aromatic carbocycles. The molecule has 0 aromatic heterocycles. The Labute approximate surface area is 51.4 Å². The lowest BCUT2D eigenvalue weighted by molar-refractivity contribution is 0.247. The molecule has 48 valence electrons. The number of rotatable bonds is 3. The molecule has 0 aromatic rings. The van der Waals surface area contributed by atoms with E-state index in [1.165, 1.54) is 5.57 Å². The summed E-state index contributed by atoms with van der Waals surface area (Å²) in [6.07, 6.45) is 2.88. The van der Waals surface area contributed by atoms with E-state index in [1.807, 2.05) is 13.8 Å². The van der Waals surface area contributed by atoms with Gasteiger partial charge < -0.3 is 4.74 Å². The molecule has 0 radical (unpaired) electrons. The highest BCUT2D eigenvalue weighted by Gasteiger charge is 1.76. The quantitative estimate of drug-likeness (QED) is 0.404. The highest BCUT2D eigenvalue weighted by atomic mass is 16.5. The Hall–Kier alpha value is -0.460. The standard InChI is InChI=1S/C7H14O/c1-4-5-8-6-7(2)3/h6H,4-5H2,1-3H3. The van der Waals surface area contributed by atoms with Gasteiger partial charge in [0.1, 0.15) is 0 Å². The van der Waals surface area contributed by atoms with Crippen LogP contribution in [0, 0.1) is 0 Å². The summed E-state index contributed by atoms with van der Waals surface area (Å²) in [5.74, 6) is 0. The van der Waals surface area contributed by atoms with Crippen LogP contribution >= 0.6 is 0 Å². The van der Waals surface area contributed by atoms with Gasteiger partial charge in [-0.15, -0.1) is 0 Å². The van der Waals surface area contributed by atoms with E-state index in [0.717, 1.165) is 13.0 Å². The molecule has 0 unspecified atom stereocenters. The normalized spacial score (nSPS) is 8.38. The van der Waals surface area contributed by atoms with Gasteiger partial charge >= 0.3 is 0 Å². The topological polar surface area (TPSA) is 9.23 Å². The average Bonchev–Trinajstić information content (AvgIpc) is 1.66. The van der Waals surface area contributed by atoms with Crippen LogP contribution in [-0.2, 0) is 4.74 Å². The van der Waals surface area contributed by atoms with Crippen LogP contribution in [0.25, 0.3) is 0 Å². The SMILES string of the molecule is CCCOC=C(C)C. The smallest absolute Gasteiger partial charge is 0.0870 e.